The molecule has 0 aliphatic rings. The van der Waals surface area contributed by atoms with E-state index in [1.54, 1.807) is 12.1 Å². The van der Waals surface area contributed by atoms with Crippen LogP contribution in [-0.4, -0.2) is 5.11 Å². The molecule has 0 aliphatic carbocycles. The summed E-state index contributed by atoms with van der Waals surface area (Å²) in [6, 6.07) is 7.41. The summed E-state index contributed by atoms with van der Waals surface area (Å²) in [4.78, 5) is 0. The van der Waals surface area contributed by atoms with Gasteiger partial charge in [0.05, 0.1) is 6.61 Å². The highest BCUT2D eigenvalue weighted by Gasteiger charge is 2.13. The molecule has 106 valence electrons. The lowest BCUT2D eigenvalue weighted by molar-refractivity contribution is 0.266. The van der Waals surface area contributed by atoms with Crippen LogP contribution in [-0.2, 0) is 13.2 Å². The molecule has 0 saturated heterocycles. The Hall–Kier alpha value is -1.65. The molecule has 5 heteroatoms. The molecule has 2 aromatic carbocycles. The number of halogens is 3. The van der Waals surface area contributed by atoms with Crippen LogP contribution in [0.15, 0.2) is 30.3 Å². The Bertz CT molecular complexity index is 606. The van der Waals surface area contributed by atoms with Crippen molar-refractivity contribution in [2.45, 2.75) is 20.1 Å². The van der Waals surface area contributed by atoms with Gasteiger partial charge in [-0.2, -0.15) is 0 Å². The van der Waals surface area contributed by atoms with Crippen LogP contribution in [0.25, 0.3) is 0 Å². The van der Waals surface area contributed by atoms with Crippen LogP contribution in [0, 0.1) is 18.6 Å². The largest absolute Gasteiger partial charge is 0.483 e. The molecule has 1 N–H and O–H groups in total. The molecule has 0 saturated carbocycles. The van der Waals surface area contributed by atoms with Gasteiger partial charge < -0.3 is 9.84 Å². The molecular weight excluding hydrogens is 286 g/mol. The summed E-state index contributed by atoms with van der Waals surface area (Å²) in [5.74, 6) is -2.17. The van der Waals surface area contributed by atoms with Crippen molar-refractivity contribution in [3.05, 3.63) is 63.7 Å². The van der Waals surface area contributed by atoms with Gasteiger partial charge in [0, 0.05) is 10.6 Å². The number of rotatable bonds is 4. The molecule has 0 radical (unpaired) electrons. The number of aliphatic hydroxyl groups is 1. The molecule has 0 heterocycles. The maximum Gasteiger partial charge on any atom is 0.191 e. The van der Waals surface area contributed by atoms with E-state index in [-0.39, 0.29) is 12.2 Å². The van der Waals surface area contributed by atoms with E-state index < -0.39 is 24.0 Å². The van der Waals surface area contributed by atoms with Crippen molar-refractivity contribution in [2.75, 3.05) is 0 Å². The van der Waals surface area contributed by atoms with Crippen LogP contribution in [0.4, 0.5) is 8.78 Å². The van der Waals surface area contributed by atoms with Gasteiger partial charge in [0.2, 0.25) is 0 Å². The quantitative estimate of drug-likeness (QED) is 0.924. The Labute approximate surface area is 120 Å². The molecule has 0 aliphatic heterocycles. The summed E-state index contributed by atoms with van der Waals surface area (Å²) >= 11 is 6.02. The molecule has 2 aromatic rings. The third kappa shape index (κ3) is 3.26. The van der Waals surface area contributed by atoms with Crippen LogP contribution in [0.5, 0.6) is 5.75 Å². The maximum absolute atomic E-state index is 13.7. The molecule has 0 unspecified atom stereocenters. The maximum atomic E-state index is 13.7. The molecule has 0 aromatic heterocycles. The zero-order valence-corrected chi connectivity index (χ0v) is 11.5. The van der Waals surface area contributed by atoms with Gasteiger partial charge in [-0.3, -0.25) is 0 Å². The second-order valence-electron chi connectivity index (χ2n) is 4.43. The van der Waals surface area contributed by atoms with Gasteiger partial charge in [0.25, 0.3) is 0 Å². The highest BCUT2D eigenvalue weighted by atomic mass is 35.5. The van der Waals surface area contributed by atoms with E-state index in [1.165, 1.54) is 0 Å². The van der Waals surface area contributed by atoms with Gasteiger partial charge in [-0.15, -0.1) is 0 Å². The second-order valence-corrected chi connectivity index (χ2v) is 4.84. The lowest BCUT2D eigenvalue weighted by Crippen LogP contribution is -2.02. The smallest absolute Gasteiger partial charge is 0.191 e. The molecule has 0 bridgehead atoms. The van der Waals surface area contributed by atoms with Gasteiger partial charge in [-0.05, 0) is 36.2 Å². The Balaban J connectivity index is 2.19. The number of ether oxygens (including phenoxy) is 1. The first kappa shape index (κ1) is 14.8. The number of hydrogen-bond donors (Lipinski definition) is 1. The summed E-state index contributed by atoms with van der Waals surface area (Å²) in [6.07, 6.45) is 0. The Kier molecular flexibility index (Phi) is 4.57. The standard InChI is InChI=1S/C15H13ClF2O2/c1-9-2-3-11(12(16)4-9)8-20-15-13(17)5-10(7-19)6-14(15)18/h2-6,19H,7-8H2,1H3. The normalized spacial score (nSPS) is 10.7. The fraction of sp³-hybridized carbons (Fsp3) is 0.200. The summed E-state index contributed by atoms with van der Waals surface area (Å²) in [7, 11) is 0. The average molecular weight is 299 g/mol. The second kappa shape index (κ2) is 6.20. The van der Waals surface area contributed by atoms with E-state index >= 15 is 0 Å². The van der Waals surface area contributed by atoms with Crippen molar-refractivity contribution >= 4 is 11.6 Å². The van der Waals surface area contributed by atoms with Crippen LogP contribution in [0.1, 0.15) is 16.7 Å². The third-order valence-electron chi connectivity index (χ3n) is 2.82. The fourth-order valence-corrected chi connectivity index (χ4v) is 2.05. The van der Waals surface area contributed by atoms with Gasteiger partial charge in [0.15, 0.2) is 17.4 Å². The number of aliphatic hydroxyl groups excluding tert-OH is 1. The molecule has 0 amide bonds. The summed E-state index contributed by atoms with van der Waals surface area (Å²) in [5.41, 5.74) is 1.78. The van der Waals surface area contributed by atoms with Crippen molar-refractivity contribution in [3.8, 4) is 5.75 Å². The Morgan fingerprint density at radius 1 is 1.15 bits per heavy atom. The number of benzene rings is 2. The van der Waals surface area contributed by atoms with E-state index in [1.807, 2.05) is 13.0 Å². The van der Waals surface area contributed by atoms with E-state index in [9.17, 15) is 8.78 Å². The molecule has 2 rings (SSSR count). The highest BCUT2D eigenvalue weighted by molar-refractivity contribution is 6.31. The zero-order valence-electron chi connectivity index (χ0n) is 10.8. The van der Waals surface area contributed by atoms with E-state index in [0.29, 0.717) is 10.6 Å². The Morgan fingerprint density at radius 2 is 1.80 bits per heavy atom. The minimum absolute atomic E-state index is 0.0363. The van der Waals surface area contributed by atoms with E-state index in [4.69, 9.17) is 21.4 Å². The van der Waals surface area contributed by atoms with Crippen LogP contribution >= 0.6 is 11.6 Å². The molecule has 0 fully saturated rings. The third-order valence-corrected chi connectivity index (χ3v) is 3.17. The fourth-order valence-electron chi connectivity index (χ4n) is 1.76. The van der Waals surface area contributed by atoms with Crippen molar-refractivity contribution in [1.82, 2.24) is 0 Å². The monoisotopic (exact) mass is 298 g/mol. The minimum Gasteiger partial charge on any atom is -0.483 e. The first-order chi connectivity index (χ1) is 9.51. The van der Waals surface area contributed by atoms with Gasteiger partial charge in [-0.25, -0.2) is 8.78 Å². The Morgan fingerprint density at radius 3 is 2.35 bits per heavy atom. The minimum atomic E-state index is -0.850. The average Bonchev–Trinajstić information content (AvgIpc) is 2.39. The number of aryl methyl sites for hydroxylation is 1. The lowest BCUT2D eigenvalue weighted by Gasteiger charge is -2.11. The van der Waals surface area contributed by atoms with Gasteiger partial charge >= 0.3 is 0 Å². The van der Waals surface area contributed by atoms with Crippen LogP contribution < -0.4 is 4.74 Å². The van der Waals surface area contributed by atoms with Gasteiger partial charge in [-0.1, -0.05) is 23.7 Å². The van der Waals surface area contributed by atoms with Gasteiger partial charge in [0.1, 0.15) is 6.61 Å². The summed E-state index contributed by atoms with van der Waals surface area (Å²) < 4.78 is 32.5. The predicted octanol–water partition coefficient (Wildman–Crippen LogP) is 4.00. The highest BCUT2D eigenvalue weighted by Crippen LogP contribution is 2.26. The van der Waals surface area contributed by atoms with Crippen molar-refractivity contribution < 1.29 is 18.6 Å². The lowest BCUT2D eigenvalue weighted by atomic mass is 10.1. The summed E-state index contributed by atoms with van der Waals surface area (Å²) in [5, 5.41) is 9.34. The molecular formula is C15H13ClF2O2. The van der Waals surface area contributed by atoms with E-state index in [0.717, 1.165) is 17.7 Å². The first-order valence-corrected chi connectivity index (χ1v) is 6.35. The van der Waals surface area contributed by atoms with Crippen molar-refractivity contribution in [2.24, 2.45) is 0 Å². The van der Waals surface area contributed by atoms with Crippen molar-refractivity contribution in [1.29, 1.82) is 0 Å². The first-order valence-electron chi connectivity index (χ1n) is 5.98. The number of hydrogen-bond acceptors (Lipinski definition) is 2. The van der Waals surface area contributed by atoms with E-state index in [2.05, 4.69) is 0 Å². The zero-order chi connectivity index (χ0) is 14.7. The molecule has 2 nitrogen and oxygen atoms in total. The summed E-state index contributed by atoms with van der Waals surface area (Å²) in [6.45, 7) is 1.42. The topological polar surface area (TPSA) is 29.5 Å². The van der Waals surface area contributed by atoms with Crippen molar-refractivity contribution in [3.63, 3.8) is 0 Å². The SMILES string of the molecule is Cc1ccc(COc2c(F)cc(CO)cc2F)c(Cl)c1. The van der Waals surface area contributed by atoms with Crippen LogP contribution in [0.3, 0.4) is 0 Å². The molecule has 0 atom stereocenters. The molecule has 0 spiro atoms. The molecule has 20 heavy (non-hydrogen) atoms. The predicted molar refractivity (Wildman–Crippen MR) is 72.8 cm³/mol. The van der Waals surface area contributed by atoms with Crippen LogP contribution in [0.2, 0.25) is 5.02 Å².